The highest BCUT2D eigenvalue weighted by molar-refractivity contribution is 8.23. The smallest absolute Gasteiger partial charge is 0.143 e. The molecule has 0 radical (unpaired) electrons. The molecule has 0 aromatic carbocycles. The summed E-state index contributed by atoms with van der Waals surface area (Å²) in [5.74, 6) is 0.845. The Morgan fingerprint density at radius 1 is 1.47 bits per heavy atom. The molecule has 1 fully saturated rings. The minimum Gasteiger partial charge on any atom is -0.347 e. The molecule has 2 nitrogen and oxygen atoms in total. The van der Waals surface area contributed by atoms with E-state index in [9.17, 15) is 4.79 Å². The van der Waals surface area contributed by atoms with Crippen molar-refractivity contribution in [2.75, 3.05) is 12.3 Å². The third-order valence-corrected chi connectivity index (χ3v) is 4.25. The third-order valence-electron chi connectivity index (χ3n) is 2.67. The van der Waals surface area contributed by atoms with Gasteiger partial charge in [-0.1, -0.05) is 56.6 Å². The third kappa shape index (κ3) is 4.11. The van der Waals surface area contributed by atoms with E-state index in [1.807, 2.05) is 0 Å². The van der Waals surface area contributed by atoms with Gasteiger partial charge in [-0.2, -0.15) is 0 Å². The van der Waals surface area contributed by atoms with E-state index in [4.69, 9.17) is 12.2 Å². The van der Waals surface area contributed by atoms with Gasteiger partial charge in [-0.3, -0.25) is 0 Å². The number of carbonyl (C=O) groups is 1. The average Bonchev–Trinajstić information content (AvgIpc) is 2.60. The van der Waals surface area contributed by atoms with Gasteiger partial charge in [-0.25, -0.2) is 0 Å². The van der Waals surface area contributed by atoms with Gasteiger partial charge in [-0.15, -0.1) is 0 Å². The molecule has 1 aliphatic rings. The molecule has 0 saturated carbocycles. The number of aldehydes is 1. The quantitative estimate of drug-likeness (QED) is 0.390. The molecule has 1 saturated heterocycles. The zero-order chi connectivity index (χ0) is 11.1. The summed E-state index contributed by atoms with van der Waals surface area (Å²) in [6, 6.07) is 0.0358. The Labute approximate surface area is 102 Å². The SMILES string of the molecule is CCCCCCCN1C(=S)SCC1C=O. The Morgan fingerprint density at radius 3 is 2.87 bits per heavy atom. The summed E-state index contributed by atoms with van der Waals surface area (Å²) in [6.45, 7) is 3.17. The number of unbranched alkanes of at least 4 members (excludes halogenated alkanes) is 4. The first-order valence-corrected chi connectivity index (χ1v) is 7.07. The highest BCUT2D eigenvalue weighted by atomic mass is 32.2. The highest BCUT2D eigenvalue weighted by Gasteiger charge is 2.27. The summed E-state index contributed by atoms with van der Waals surface area (Å²) in [6.07, 6.45) is 7.33. The molecule has 0 bridgehead atoms. The van der Waals surface area contributed by atoms with Crippen LogP contribution in [-0.2, 0) is 4.79 Å². The molecule has 0 N–H and O–H groups in total. The Bertz CT molecular complexity index is 221. The van der Waals surface area contributed by atoms with Crippen molar-refractivity contribution in [3.05, 3.63) is 0 Å². The van der Waals surface area contributed by atoms with Crippen molar-refractivity contribution in [1.29, 1.82) is 0 Å². The maximum Gasteiger partial charge on any atom is 0.143 e. The van der Waals surface area contributed by atoms with Crippen LogP contribution in [0.5, 0.6) is 0 Å². The van der Waals surface area contributed by atoms with E-state index in [-0.39, 0.29) is 6.04 Å². The Kier molecular flexibility index (Phi) is 6.25. The van der Waals surface area contributed by atoms with E-state index < -0.39 is 0 Å². The van der Waals surface area contributed by atoms with Crippen molar-refractivity contribution in [1.82, 2.24) is 4.90 Å². The van der Waals surface area contributed by atoms with Crippen LogP contribution in [0.2, 0.25) is 0 Å². The fourth-order valence-electron chi connectivity index (χ4n) is 1.72. The largest absolute Gasteiger partial charge is 0.347 e. The minimum absolute atomic E-state index is 0.0358. The fourth-order valence-corrected chi connectivity index (χ4v) is 3.12. The molecular weight excluding hydrogens is 226 g/mol. The van der Waals surface area contributed by atoms with Crippen LogP contribution in [0.1, 0.15) is 39.0 Å². The van der Waals surface area contributed by atoms with Gasteiger partial charge in [0.2, 0.25) is 0 Å². The molecule has 1 aliphatic heterocycles. The summed E-state index contributed by atoms with van der Waals surface area (Å²) < 4.78 is 0.905. The fraction of sp³-hybridized carbons (Fsp3) is 0.818. The Hall–Kier alpha value is -0.0900. The van der Waals surface area contributed by atoms with Gasteiger partial charge in [0.15, 0.2) is 0 Å². The maximum atomic E-state index is 10.8. The lowest BCUT2D eigenvalue weighted by atomic mass is 10.1. The highest BCUT2D eigenvalue weighted by Crippen LogP contribution is 2.23. The van der Waals surface area contributed by atoms with Crippen molar-refractivity contribution in [2.24, 2.45) is 0 Å². The van der Waals surface area contributed by atoms with Crippen LogP contribution in [0.4, 0.5) is 0 Å². The lowest BCUT2D eigenvalue weighted by molar-refractivity contribution is -0.110. The van der Waals surface area contributed by atoms with Gasteiger partial charge >= 0.3 is 0 Å². The number of carbonyl (C=O) groups excluding carboxylic acids is 1. The number of rotatable bonds is 7. The molecule has 0 aliphatic carbocycles. The number of hydrogen-bond donors (Lipinski definition) is 0. The second kappa shape index (κ2) is 7.23. The molecule has 0 aromatic heterocycles. The van der Waals surface area contributed by atoms with Gasteiger partial charge in [0.1, 0.15) is 10.6 Å². The number of hydrogen-bond acceptors (Lipinski definition) is 3. The second-order valence-electron chi connectivity index (χ2n) is 3.89. The van der Waals surface area contributed by atoms with E-state index in [1.54, 1.807) is 11.8 Å². The molecule has 1 atom stereocenters. The normalized spacial score (nSPS) is 21.0. The van der Waals surface area contributed by atoms with Gasteiger partial charge in [0.25, 0.3) is 0 Å². The predicted octanol–water partition coefficient (Wildman–Crippen LogP) is 2.86. The van der Waals surface area contributed by atoms with Crippen molar-refractivity contribution >= 4 is 34.6 Å². The van der Waals surface area contributed by atoms with E-state index >= 15 is 0 Å². The molecule has 0 amide bonds. The van der Waals surface area contributed by atoms with Crippen molar-refractivity contribution in [2.45, 2.75) is 45.1 Å². The molecular formula is C11H19NOS2. The second-order valence-corrected chi connectivity index (χ2v) is 5.54. The van der Waals surface area contributed by atoms with Crippen LogP contribution >= 0.6 is 24.0 Å². The van der Waals surface area contributed by atoms with Crippen LogP contribution < -0.4 is 0 Å². The van der Waals surface area contributed by atoms with Crippen molar-refractivity contribution in [3.8, 4) is 0 Å². The Balaban J connectivity index is 2.18. The van der Waals surface area contributed by atoms with Crippen molar-refractivity contribution in [3.63, 3.8) is 0 Å². The van der Waals surface area contributed by atoms with Crippen LogP contribution in [-0.4, -0.2) is 33.8 Å². The van der Waals surface area contributed by atoms with Gasteiger partial charge in [0.05, 0.1) is 6.04 Å². The summed E-state index contributed by atoms with van der Waals surface area (Å²) >= 11 is 6.85. The summed E-state index contributed by atoms with van der Waals surface area (Å²) in [7, 11) is 0. The van der Waals surface area contributed by atoms with E-state index in [0.29, 0.717) is 0 Å². The molecule has 86 valence electrons. The first-order valence-electron chi connectivity index (χ1n) is 5.68. The Morgan fingerprint density at radius 2 is 2.20 bits per heavy atom. The molecule has 0 aromatic rings. The first kappa shape index (κ1) is 13.0. The zero-order valence-electron chi connectivity index (χ0n) is 9.28. The van der Waals surface area contributed by atoms with Crippen LogP contribution in [0, 0.1) is 0 Å². The number of thiocarbonyl (C=S) groups is 1. The van der Waals surface area contributed by atoms with Gasteiger partial charge in [0, 0.05) is 12.3 Å². The topological polar surface area (TPSA) is 20.3 Å². The molecule has 0 spiro atoms. The number of thioether (sulfide) groups is 1. The average molecular weight is 245 g/mol. The van der Waals surface area contributed by atoms with Gasteiger partial charge in [-0.05, 0) is 6.42 Å². The van der Waals surface area contributed by atoms with Crippen LogP contribution in [0.25, 0.3) is 0 Å². The summed E-state index contributed by atoms with van der Waals surface area (Å²) in [5.41, 5.74) is 0. The van der Waals surface area contributed by atoms with Crippen molar-refractivity contribution < 1.29 is 4.79 Å². The standard InChI is InChI=1S/C11H19NOS2/c1-2-3-4-5-6-7-12-10(8-13)9-15-11(12)14/h8,10H,2-7,9H2,1H3. The molecule has 1 heterocycles. The molecule has 4 heteroatoms. The minimum atomic E-state index is 0.0358. The van der Waals surface area contributed by atoms with E-state index in [0.717, 1.165) is 29.3 Å². The lowest BCUT2D eigenvalue weighted by Gasteiger charge is -2.21. The van der Waals surface area contributed by atoms with Gasteiger partial charge < -0.3 is 9.69 Å². The molecule has 15 heavy (non-hydrogen) atoms. The maximum absolute atomic E-state index is 10.8. The summed E-state index contributed by atoms with van der Waals surface area (Å²) in [4.78, 5) is 12.9. The van der Waals surface area contributed by atoms with E-state index in [2.05, 4.69) is 11.8 Å². The monoisotopic (exact) mass is 245 g/mol. The van der Waals surface area contributed by atoms with Crippen LogP contribution in [0.15, 0.2) is 0 Å². The zero-order valence-corrected chi connectivity index (χ0v) is 10.9. The van der Waals surface area contributed by atoms with E-state index in [1.165, 1.54) is 25.7 Å². The molecule has 1 rings (SSSR count). The summed E-state index contributed by atoms with van der Waals surface area (Å²) in [5, 5.41) is 0. The predicted molar refractivity (Wildman–Crippen MR) is 70.4 cm³/mol. The number of nitrogens with zero attached hydrogens (tertiary/aromatic N) is 1. The van der Waals surface area contributed by atoms with Crippen LogP contribution in [0.3, 0.4) is 0 Å². The lowest BCUT2D eigenvalue weighted by Crippen LogP contribution is -2.35. The molecule has 1 unspecified atom stereocenters. The first-order chi connectivity index (χ1) is 7.29.